The number of hydrogen-bond acceptors (Lipinski definition) is 1. The van der Waals surface area contributed by atoms with Gasteiger partial charge >= 0.3 is 0 Å². The average molecular weight is 341 g/mol. The predicted octanol–water partition coefficient (Wildman–Crippen LogP) is 4.47. The second kappa shape index (κ2) is 6.74. The molecule has 1 heterocycles. The van der Waals surface area contributed by atoms with E-state index in [4.69, 9.17) is 12.8 Å². The van der Waals surface area contributed by atoms with Crippen LogP contribution >= 0.6 is 0 Å². The van der Waals surface area contributed by atoms with Gasteiger partial charge in [0.2, 0.25) is 0 Å². The first-order valence-corrected chi connectivity index (χ1v) is 8.91. The number of anilines is 1. The summed E-state index contributed by atoms with van der Waals surface area (Å²) in [6.45, 7) is 12.3. The van der Waals surface area contributed by atoms with Crippen LogP contribution in [0.3, 0.4) is 0 Å². The third-order valence-electron chi connectivity index (χ3n) is 5.07. The van der Waals surface area contributed by atoms with Gasteiger partial charge in [-0.15, -0.1) is 12.8 Å². The van der Waals surface area contributed by atoms with Crippen LogP contribution < -0.4 is 4.90 Å². The first-order valence-electron chi connectivity index (χ1n) is 8.91. The maximum Gasteiger partial charge on any atom is 0.254 e. The maximum absolute atomic E-state index is 5.81. The molecule has 0 aromatic heterocycles. The molecule has 130 valence electrons. The molecule has 2 nitrogen and oxygen atoms in total. The number of nitrogens with zero attached hydrogens (tertiary/aromatic N) is 2. The lowest BCUT2D eigenvalue weighted by molar-refractivity contribution is -0.429. The lowest BCUT2D eigenvalue weighted by Gasteiger charge is -2.16. The largest absolute Gasteiger partial charge is 0.254 e. The smallest absolute Gasteiger partial charge is 0.226 e. The van der Waals surface area contributed by atoms with Crippen molar-refractivity contribution >= 4 is 17.2 Å². The molecule has 26 heavy (non-hydrogen) atoms. The summed E-state index contributed by atoms with van der Waals surface area (Å²) in [5, 5.41) is 0. The minimum absolute atomic E-state index is 0.891. The van der Waals surface area contributed by atoms with Crippen LogP contribution in [0.2, 0.25) is 0 Å². The third kappa shape index (κ3) is 2.89. The van der Waals surface area contributed by atoms with E-state index in [0.29, 0.717) is 0 Å². The molecule has 0 spiro atoms. The Balaban J connectivity index is 2.18. The van der Waals surface area contributed by atoms with Crippen molar-refractivity contribution in [2.45, 2.75) is 34.6 Å². The fraction of sp³-hybridized carbons (Fsp3) is 0.292. The zero-order chi connectivity index (χ0) is 19.0. The van der Waals surface area contributed by atoms with Crippen molar-refractivity contribution in [3.63, 3.8) is 0 Å². The molecule has 0 unspecified atom stereocenters. The van der Waals surface area contributed by atoms with E-state index in [1.165, 1.54) is 22.3 Å². The molecule has 0 bridgehead atoms. The molecule has 1 aliphatic heterocycles. The molecule has 0 saturated heterocycles. The molecule has 0 amide bonds. The third-order valence-corrected chi connectivity index (χ3v) is 5.07. The van der Waals surface area contributed by atoms with Gasteiger partial charge in [-0.2, -0.15) is 0 Å². The van der Waals surface area contributed by atoms with Gasteiger partial charge in [0, 0.05) is 6.92 Å². The first kappa shape index (κ1) is 17.8. The Hall–Kier alpha value is -2.97. The number of rotatable bonds is 2. The predicted molar refractivity (Wildman–Crippen MR) is 111 cm³/mol. The Morgan fingerprint density at radius 1 is 0.846 bits per heavy atom. The van der Waals surface area contributed by atoms with Crippen molar-refractivity contribution in [1.29, 1.82) is 0 Å². The van der Waals surface area contributed by atoms with Crippen LogP contribution in [0.25, 0.3) is 0 Å². The van der Waals surface area contributed by atoms with Crippen LogP contribution in [0.5, 0.6) is 0 Å². The molecule has 0 radical (unpaired) electrons. The summed E-state index contributed by atoms with van der Waals surface area (Å²) in [6, 6.07) is 8.55. The SMILES string of the molecule is C#Cc1cc(C)cc(C)c1N1CC[N+](c2c(C)cc(C)cc2C#C)=C1C. The van der Waals surface area contributed by atoms with E-state index in [2.05, 4.69) is 80.2 Å². The summed E-state index contributed by atoms with van der Waals surface area (Å²) < 4.78 is 2.32. The zero-order valence-electron chi connectivity index (χ0n) is 16.3. The normalized spacial score (nSPS) is 13.7. The topological polar surface area (TPSA) is 6.25 Å². The molecule has 1 aliphatic rings. The van der Waals surface area contributed by atoms with Gasteiger partial charge in [0.1, 0.15) is 24.5 Å². The van der Waals surface area contributed by atoms with Crippen LogP contribution in [0, 0.1) is 52.4 Å². The van der Waals surface area contributed by atoms with Crippen molar-refractivity contribution in [3.8, 4) is 24.7 Å². The number of amidine groups is 1. The highest BCUT2D eigenvalue weighted by molar-refractivity contribution is 5.96. The average Bonchev–Trinajstić information content (AvgIpc) is 2.94. The Labute approximate surface area is 157 Å². The second-order valence-electron chi connectivity index (χ2n) is 7.10. The van der Waals surface area contributed by atoms with Crippen molar-refractivity contribution in [2.75, 3.05) is 18.0 Å². The summed E-state index contributed by atoms with van der Waals surface area (Å²) in [5.74, 6) is 6.89. The summed E-state index contributed by atoms with van der Waals surface area (Å²) in [5.41, 5.74) is 8.95. The molecule has 0 atom stereocenters. The van der Waals surface area contributed by atoms with E-state index < -0.39 is 0 Å². The van der Waals surface area contributed by atoms with Gasteiger partial charge < -0.3 is 0 Å². The van der Waals surface area contributed by atoms with Crippen LogP contribution in [-0.2, 0) is 0 Å². The van der Waals surface area contributed by atoms with Gasteiger partial charge in [0.25, 0.3) is 5.84 Å². The van der Waals surface area contributed by atoms with Crippen molar-refractivity contribution < 1.29 is 4.58 Å². The highest BCUT2D eigenvalue weighted by atomic mass is 15.3. The van der Waals surface area contributed by atoms with Gasteiger partial charge in [-0.25, -0.2) is 9.48 Å². The van der Waals surface area contributed by atoms with Crippen LogP contribution in [-0.4, -0.2) is 23.5 Å². The van der Waals surface area contributed by atoms with Crippen LogP contribution in [0.4, 0.5) is 11.4 Å². The van der Waals surface area contributed by atoms with Gasteiger partial charge in [0.05, 0.1) is 11.1 Å². The number of benzene rings is 2. The first-order chi connectivity index (χ1) is 12.4. The summed E-state index contributed by atoms with van der Waals surface area (Å²) >= 11 is 0. The van der Waals surface area contributed by atoms with E-state index in [1.807, 2.05) is 0 Å². The summed E-state index contributed by atoms with van der Waals surface area (Å²) in [4.78, 5) is 2.32. The lowest BCUT2D eigenvalue weighted by atomic mass is 10.0. The van der Waals surface area contributed by atoms with Crippen LogP contribution in [0.1, 0.15) is 40.3 Å². The lowest BCUT2D eigenvalue weighted by Crippen LogP contribution is -2.28. The fourth-order valence-electron chi connectivity index (χ4n) is 4.07. The molecule has 2 aromatic rings. The van der Waals surface area contributed by atoms with Gasteiger partial charge in [-0.1, -0.05) is 24.0 Å². The molecule has 0 aliphatic carbocycles. The van der Waals surface area contributed by atoms with Crippen LogP contribution in [0.15, 0.2) is 24.3 Å². The van der Waals surface area contributed by atoms with Gasteiger partial charge in [0.15, 0.2) is 0 Å². The molecular formula is C24H25N2+. The summed E-state index contributed by atoms with van der Waals surface area (Å²) in [7, 11) is 0. The number of aryl methyl sites for hydroxylation is 4. The van der Waals surface area contributed by atoms with E-state index in [0.717, 1.165) is 41.4 Å². The standard InChI is InChI=1S/C24H25N2/c1-8-21-14-16(3)12-18(5)23(21)25-10-11-26(20(25)7)24-19(6)13-17(4)15-22(24)9-2/h1-2,12-15H,10-11H2,3-7H3/q+1. The van der Waals surface area contributed by atoms with E-state index >= 15 is 0 Å². The molecular weight excluding hydrogens is 316 g/mol. The highest BCUT2D eigenvalue weighted by Gasteiger charge is 2.33. The fourth-order valence-corrected chi connectivity index (χ4v) is 4.07. The molecule has 2 aromatic carbocycles. The second-order valence-corrected chi connectivity index (χ2v) is 7.10. The van der Waals surface area contributed by atoms with Gasteiger partial charge in [-0.05, 0) is 62.1 Å². The van der Waals surface area contributed by atoms with E-state index in [-0.39, 0.29) is 0 Å². The molecule has 0 saturated carbocycles. The molecule has 3 rings (SSSR count). The minimum atomic E-state index is 0.891. The Bertz CT molecular complexity index is 1010. The Morgan fingerprint density at radius 3 is 2.04 bits per heavy atom. The minimum Gasteiger partial charge on any atom is -0.226 e. The zero-order valence-corrected chi connectivity index (χ0v) is 16.3. The molecule has 0 N–H and O–H groups in total. The Kier molecular flexibility index (Phi) is 4.62. The molecule has 0 fully saturated rings. The highest BCUT2D eigenvalue weighted by Crippen LogP contribution is 2.32. The number of terminal acetylenes is 2. The van der Waals surface area contributed by atoms with Crippen molar-refractivity contribution in [1.82, 2.24) is 0 Å². The summed E-state index contributed by atoms with van der Waals surface area (Å²) in [6.07, 6.45) is 11.6. The van der Waals surface area contributed by atoms with Gasteiger partial charge in [-0.3, -0.25) is 0 Å². The van der Waals surface area contributed by atoms with E-state index in [1.54, 1.807) is 0 Å². The number of hydrogen-bond donors (Lipinski definition) is 0. The van der Waals surface area contributed by atoms with Crippen molar-refractivity contribution in [2.24, 2.45) is 0 Å². The van der Waals surface area contributed by atoms with Crippen molar-refractivity contribution in [3.05, 3.63) is 57.6 Å². The molecule has 2 heteroatoms. The van der Waals surface area contributed by atoms with E-state index in [9.17, 15) is 0 Å². The maximum atomic E-state index is 5.81. The quantitative estimate of drug-likeness (QED) is 0.577. The Morgan fingerprint density at radius 2 is 1.42 bits per heavy atom. The monoisotopic (exact) mass is 341 g/mol.